The summed E-state index contributed by atoms with van der Waals surface area (Å²) in [5, 5.41) is 8.84. The SMILES string of the molecule is N#CC(CSc1ccc(Br)cn1)C(F)(F)F. The summed E-state index contributed by atoms with van der Waals surface area (Å²) in [6, 6.07) is 4.52. The number of hydrogen-bond acceptors (Lipinski definition) is 3. The molecule has 1 aromatic rings. The van der Waals surface area contributed by atoms with Gasteiger partial charge >= 0.3 is 6.18 Å². The van der Waals surface area contributed by atoms with E-state index >= 15 is 0 Å². The zero-order valence-electron chi connectivity index (χ0n) is 7.83. The van der Waals surface area contributed by atoms with E-state index < -0.39 is 12.1 Å². The maximum absolute atomic E-state index is 12.2. The summed E-state index contributed by atoms with van der Waals surface area (Å²) in [4.78, 5) is 3.91. The Hall–Kier alpha value is -0.740. The number of nitriles is 1. The van der Waals surface area contributed by atoms with Gasteiger partial charge < -0.3 is 0 Å². The Morgan fingerprint density at radius 2 is 2.19 bits per heavy atom. The van der Waals surface area contributed by atoms with E-state index in [1.54, 1.807) is 12.1 Å². The fraction of sp³-hybridized carbons (Fsp3) is 0.333. The predicted octanol–water partition coefficient (Wildman–Crippen LogP) is 3.64. The van der Waals surface area contributed by atoms with Crippen molar-refractivity contribution < 1.29 is 13.2 Å². The van der Waals surface area contributed by atoms with Gasteiger partial charge in [-0.25, -0.2) is 4.98 Å². The van der Waals surface area contributed by atoms with E-state index in [-0.39, 0.29) is 5.75 Å². The largest absolute Gasteiger partial charge is 0.405 e. The Morgan fingerprint density at radius 3 is 2.62 bits per heavy atom. The van der Waals surface area contributed by atoms with Crippen LogP contribution in [-0.2, 0) is 0 Å². The molecular weight excluding hydrogens is 305 g/mol. The molecule has 0 fully saturated rings. The molecule has 0 aliphatic carbocycles. The lowest BCUT2D eigenvalue weighted by Gasteiger charge is -2.11. The number of nitrogens with zero attached hydrogens (tertiary/aromatic N) is 2. The first-order valence-corrected chi connectivity index (χ1v) is 5.92. The normalized spacial score (nSPS) is 13.2. The average Bonchev–Trinajstić information content (AvgIpc) is 2.19. The van der Waals surface area contributed by atoms with Gasteiger partial charge in [-0.2, -0.15) is 18.4 Å². The molecule has 1 rings (SSSR count). The second-order valence-electron chi connectivity index (χ2n) is 2.85. The summed E-state index contributed by atoms with van der Waals surface area (Å²) in [5.74, 6) is -2.29. The van der Waals surface area contributed by atoms with E-state index in [9.17, 15) is 13.2 Å². The summed E-state index contributed by atoms with van der Waals surface area (Å²) in [6.45, 7) is 0. The Bertz CT molecular complexity index is 385. The molecule has 86 valence electrons. The van der Waals surface area contributed by atoms with Crippen LogP contribution in [0.3, 0.4) is 0 Å². The topological polar surface area (TPSA) is 36.7 Å². The van der Waals surface area contributed by atoms with Gasteiger partial charge in [0.15, 0.2) is 5.92 Å². The van der Waals surface area contributed by atoms with Crippen LogP contribution < -0.4 is 0 Å². The molecule has 7 heteroatoms. The number of halogens is 4. The van der Waals surface area contributed by atoms with Crippen LogP contribution in [0.2, 0.25) is 0 Å². The molecule has 0 N–H and O–H groups in total. The maximum atomic E-state index is 12.2. The van der Waals surface area contributed by atoms with Gasteiger partial charge in [0.05, 0.1) is 11.1 Å². The molecule has 0 saturated heterocycles. The van der Waals surface area contributed by atoms with Crippen molar-refractivity contribution in [3.63, 3.8) is 0 Å². The summed E-state index contributed by atoms with van der Waals surface area (Å²) < 4.78 is 37.4. The zero-order chi connectivity index (χ0) is 12.2. The van der Waals surface area contributed by atoms with Crippen LogP contribution >= 0.6 is 27.7 Å². The van der Waals surface area contributed by atoms with Crippen molar-refractivity contribution >= 4 is 27.7 Å². The first-order valence-electron chi connectivity index (χ1n) is 4.14. The lowest BCUT2D eigenvalue weighted by Crippen LogP contribution is -2.23. The van der Waals surface area contributed by atoms with Crippen molar-refractivity contribution in [3.05, 3.63) is 22.8 Å². The first-order chi connectivity index (χ1) is 7.43. The van der Waals surface area contributed by atoms with Crippen LogP contribution in [0.25, 0.3) is 0 Å². The van der Waals surface area contributed by atoms with Crippen molar-refractivity contribution in [2.75, 3.05) is 5.75 Å². The van der Waals surface area contributed by atoms with E-state index in [2.05, 4.69) is 20.9 Å². The number of thioether (sulfide) groups is 1. The standard InChI is InChI=1S/C9H6BrF3N2S/c10-7-1-2-8(15-4-7)16-5-6(3-14)9(11,12)13/h1-2,4,6H,5H2. The monoisotopic (exact) mass is 310 g/mol. The third kappa shape index (κ3) is 4.02. The molecular formula is C9H6BrF3N2S. The lowest BCUT2D eigenvalue weighted by molar-refractivity contribution is -0.152. The molecule has 2 nitrogen and oxygen atoms in total. The summed E-state index contributed by atoms with van der Waals surface area (Å²) >= 11 is 4.08. The third-order valence-electron chi connectivity index (χ3n) is 1.65. The second-order valence-corrected chi connectivity index (χ2v) is 4.80. The fourth-order valence-electron chi connectivity index (χ4n) is 0.821. The molecule has 0 aliphatic rings. The molecule has 16 heavy (non-hydrogen) atoms. The van der Waals surface area contributed by atoms with Gasteiger partial charge in [0.2, 0.25) is 0 Å². The summed E-state index contributed by atoms with van der Waals surface area (Å²) in [6.07, 6.45) is -2.98. The van der Waals surface area contributed by atoms with Crippen molar-refractivity contribution in [2.24, 2.45) is 5.92 Å². The Kier molecular flexibility index (Phi) is 4.62. The molecule has 1 unspecified atom stereocenters. The fourth-order valence-corrected chi connectivity index (χ4v) is 1.95. The second kappa shape index (κ2) is 5.55. The molecule has 1 aromatic heterocycles. The Morgan fingerprint density at radius 1 is 1.50 bits per heavy atom. The van der Waals surface area contributed by atoms with Crippen molar-refractivity contribution in [1.29, 1.82) is 5.26 Å². The van der Waals surface area contributed by atoms with Crippen LogP contribution in [0.1, 0.15) is 0 Å². The van der Waals surface area contributed by atoms with Crippen LogP contribution in [0.5, 0.6) is 0 Å². The van der Waals surface area contributed by atoms with Crippen molar-refractivity contribution in [3.8, 4) is 6.07 Å². The van der Waals surface area contributed by atoms with Crippen LogP contribution in [0.4, 0.5) is 13.2 Å². The number of rotatable bonds is 3. The van der Waals surface area contributed by atoms with Gasteiger partial charge in [-0.1, -0.05) is 0 Å². The molecule has 0 amide bonds. The number of alkyl halides is 3. The lowest BCUT2D eigenvalue weighted by atomic mass is 10.2. The summed E-state index contributed by atoms with van der Waals surface area (Å²) in [5.41, 5.74) is 0. The highest BCUT2D eigenvalue weighted by molar-refractivity contribution is 9.10. The van der Waals surface area contributed by atoms with Crippen molar-refractivity contribution in [2.45, 2.75) is 11.2 Å². The zero-order valence-corrected chi connectivity index (χ0v) is 10.2. The van der Waals surface area contributed by atoms with Gasteiger partial charge in [-0.05, 0) is 28.1 Å². The molecule has 0 radical (unpaired) electrons. The van der Waals surface area contributed by atoms with Gasteiger partial charge in [-0.3, -0.25) is 0 Å². The smallest absolute Gasteiger partial charge is 0.249 e. The highest BCUT2D eigenvalue weighted by Gasteiger charge is 2.39. The molecule has 0 spiro atoms. The number of aromatic nitrogens is 1. The highest BCUT2D eigenvalue weighted by atomic mass is 79.9. The van der Waals surface area contributed by atoms with Crippen LogP contribution in [0, 0.1) is 17.2 Å². The highest BCUT2D eigenvalue weighted by Crippen LogP contribution is 2.30. The maximum Gasteiger partial charge on any atom is 0.405 e. The number of pyridine rings is 1. The predicted molar refractivity (Wildman–Crippen MR) is 57.8 cm³/mol. The molecule has 0 bridgehead atoms. The minimum absolute atomic E-state index is 0.339. The average molecular weight is 311 g/mol. The van der Waals surface area contributed by atoms with E-state index in [0.717, 1.165) is 16.2 Å². The quantitative estimate of drug-likeness (QED) is 0.800. The molecule has 0 aliphatic heterocycles. The Balaban J connectivity index is 2.57. The van der Waals surface area contributed by atoms with Crippen LogP contribution in [-0.4, -0.2) is 16.9 Å². The van der Waals surface area contributed by atoms with Gasteiger partial charge in [0.1, 0.15) is 0 Å². The van der Waals surface area contributed by atoms with E-state index in [1.165, 1.54) is 12.3 Å². The van der Waals surface area contributed by atoms with E-state index in [1.807, 2.05) is 0 Å². The van der Waals surface area contributed by atoms with Gasteiger partial charge in [-0.15, -0.1) is 11.8 Å². The number of hydrogen-bond donors (Lipinski definition) is 0. The minimum Gasteiger partial charge on any atom is -0.249 e. The summed E-state index contributed by atoms with van der Waals surface area (Å²) in [7, 11) is 0. The third-order valence-corrected chi connectivity index (χ3v) is 3.16. The van der Waals surface area contributed by atoms with Gasteiger partial charge in [0, 0.05) is 16.4 Å². The van der Waals surface area contributed by atoms with E-state index in [0.29, 0.717) is 5.03 Å². The van der Waals surface area contributed by atoms with Gasteiger partial charge in [0.25, 0.3) is 0 Å². The molecule has 0 saturated carbocycles. The first kappa shape index (κ1) is 13.3. The van der Waals surface area contributed by atoms with Crippen LogP contribution in [0.15, 0.2) is 27.8 Å². The molecule has 1 atom stereocenters. The minimum atomic E-state index is -4.48. The molecule has 1 heterocycles. The van der Waals surface area contributed by atoms with E-state index in [4.69, 9.17) is 5.26 Å². The van der Waals surface area contributed by atoms with Crippen molar-refractivity contribution in [1.82, 2.24) is 4.98 Å². The molecule has 0 aromatic carbocycles. The Labute approximate surface area is 103 Å².